The molecular formula is C32H28F7N8O5P. The Hall–Kier alpha value is -5.01. The van der Waals surface area contributed by atoms with Crippen LogP contribution in [0, 0.1) is 11.6 Å². The molecule has 6 rings (SSSR count). The third-order valence-corrected chi connectivity index (χ3v) is 9.04. The van der Waals surface area contributed by atoms with Crippen molar-refractivity contribution in [1.29, 1.82) is 0 Å². The lowest BCUT2D eigenvalue weighted by Crippen LogP contribution is -2.48. The van der Waals surface area contributed by atoms with Crippen molar-refractivity contribution >= 4 is 19.2 Å². The van der Waals surface area contributed by atoms with E-state index in [9.17, 15) is 31.6 Å². The Morgan fingerprint density at radius 1 is 0.811 bits per heavy atom. The molecular weight excluding hydrogens is 740 g/mol. The number of nitrogens with zero attached hydrogens (tertiary/aromatic N) is 8. The summed E-state index contributed by atoms with van der Waals surface area (Å²) >= 11 is 0. The molecule has 3 aromatic heterocycles. The summed E-state index contributed by atoms with van der Waals surface area (Å²) in [6.45, 7) is 0.969. The molecule has 0 bridgehead atoms. The van der Waals surface area contributed by atoms with E-state index in [1.54, 1.807) is 12.1 Å². The van der Waals surface area contributed by atoms with Gasteiger partial charge in [0.1, 0.15) is 23.7 Å². The maximum Gasteiger partial charge on any atom is 0.470 e. The number of hydrogen-bond donors (Lipinski definition) is 3. The van der Waals surface area contributed by atoms with E-state index >= 15 is 8.78 Å². The number of anilines is 2. The van der Waals surface area contributed by atoms with E-state index in [-0.39, 0.29) is 0 Å². The first kappa shape index (κ1) is 37.7. The van der Waals surface area contributed by atoms with E-state index < -0.39 is 66.8 Å². The number of pyridine rings is 2. The minimum Gasteiger partial charge on any atom is -0.377 e. The molecule has 0 saturated carbocycles. The molecule has 4 heterocycles. The Bertz CT molecular complexity index is 2060. The van der Waals surface area contributed by atoms with Gasteiger partial charge in [-0.2, -0.15) is 22.0 Å². The number of phosphoric ester groups is 1. The van der Waals surface area contributed by atoms with Crippen molar-refractivity contribution < 1.29 is 54.7 Å². The van der Waals surface area contributed by atoms with E-state index in [1.165, 1.54) is 24.5 Å². The highest BCUT2D eigenvalue weighted by Gasteiger charge is 2.58. The van der Waals surface area contributed by atoms with Crippen LogP contribution in [0.25, 0.3) is 11.1 Å². The molecule has 0 aliphatic carbocycles. The predicted molar refractivity (Wildman–Crippen MR) is 172 cm³/mol. The van der Waals surface area contributed by atoms with Gasteiger partial charge >= 0.3 is 19.9 Å². The van der Waals surface area contributed by atoms with Gasteiger partial charge in [-0.3, -0.25) is 14.5 Å². The fourth-order valence-corrected chi connectivity index (χ4v) is 6.38. The standard InChI is InChI=1S/C32H28F7N8O5P/c33-22-4-8-25(26(34)15-22)30(48,18-47-19-42-43-44-47)31(35,36)28-10-3-21(16-41-28)20-1-5-23(6-2-20)45-11-13-46(14-12-45)24-7-9-27(40-17-24)29(32(37,38)39)52-53(49,50)51/h1-10,15-17,19,29,48H,11-14,18H2,(H2,49,50,51)/t29?,30-/m0/s1. The smallest absolute Gasteiger partial charge is 0.377 e. The number of hydrogen-bond acceptors (Lipinski definition) is 10. The zero-order valence-electron chi connectivity index (χ0n) is 27.0. The number of rotatable bonds is 11. The average Bonchev–Trinajstić information content (AvgIpc) is 3.63. The maximum absolute atomic E-state index is 16.1. The first-order valence-electron chi connectivity index (χ1n) is 15.5. The highest BCUT2D eigenvalue weighted by molar-refractivity contribution is 7.46. The van der Waals surface area contributed by atoms with Gasteiger partial charge in [-0.25, -0.2) is 18.0 Å². The first-order valence-corrected chi connectivity index (χ1v) is 17.1. The topological polar surface area (TPSA) is 163 Å². The molecule has 5 aromatic rings. The highest BCUT2D eigenvalue weighted by atomic mass is 31.2. The third-order valence-electron chi connectivity index (χ3n) is 8.55. The van der Waals surface area contributed by atoms with Gasteiger partial charge in [-0.15, -0.1) is 5.10 Å². The fraction of sp³-hybridized carbons (Fsp3) is 0.281. The van der Waals surface area contributed by atoms with E-state index in [0.717, 1.165) is 41.0 Å². The Kier molecular flexibility index (Phi) is 10.3. The van der Waals surface area contributed by atoms with E-state index in [0.29, 0.717) is 49.1 Å². The average molecular weight is 769 g/mol. The van der Waals surface area contributed by atoms with Gasteiger partial charge < -0.3 is 24.7 Å². The summed E-state index contributed by atoms with van der Waals surface area (Å²) in [6.07, 6.45) is -4.71. The normalized spacial score (nSPS) is 16.0. The largest absolute Gasteiger partial charge is 0.470 e. The summed E-state index contributed by atoms with van der Waals surface area (Å²) in [5.74, 6) is -6.65. The van der Waals surface area contributed by atoms with Crippen LogP contribution in [0.15, 0.2) is 85.5 Å². The quantitative estimate of drug-likeness (QED) is 0.120. The van der Waals surface area contributed by atoms with Crippen LogP contribution in [-0.2, 0) is 27.2 Å². The molecule has 0 radical (unpaired) electrons. The molecule has 21 heteroatoms. The molecule has 280 valence electrons. The van der Waals surface area contributed by atoms with E-state index in [1.807, 2.05) is 17.0 Å². The first-order chi connectivity index (χ1) is 24.9. The molecule has 53 heavy (non-hydrogen) atoms. The van der Waals surface area contributed by atoms with Gasteiger partial charge in [-0.05, 0) is 58.5 Å². The lowest BCUT2D eigenvalue weighted by atomic mass is 9.84. The van der Waals surface area contributed by atoms with Crippen molar-refractivity contribution in [2.45, 2.75) is 30.3 Å². The van der Waals surface area contributed by atoms with Gasteiger partial charge in [0, 0.05) is 55.3 Å². The summed E-state index contributed by atoms with van der Waals surface area (Å²) in [5, 5.41) is 21.6. The third kappa shape index (κ3) is 8.16. The Morgan fingerprint density at radius 3 is 1.98 bits per heavy atom. The SMILES string of the molecule is O=P(O)(O)OC(c1ccc(N2CCN(c3ccc(-c4ccc(C(F)(F)[C@](O)(Cn5cnnn5)c5ccc(F)cc5F)nc4)cc3)CC2)cn1)C(F)(F)F. The zero-order chi connectivity index (χ0) is 38.2. The van der Waals surface area contributed by atoms with Crippen LogP contribution in [0.1, 0.15) is 23.1 Å². The van der Waals surface area contributed by atoms with Crippen LogP contribution in [0.3, 0.4) is 0 Å². The molecule has 1 aliphatic rings. The number of tetrazole rings is 1. The summed E-state index contributed by atoms with van der Waals surface area (Å²) < 4.78 is 116. The van der Waals surface area contributed by atoms with Crippen molar-refractivity contribution in [3.05, 3.63) is 114 Å². The zero-order valence-corrected chi connectivity index (χ0v) is 27.9. The molecule has 1 saturated heterocycles. The lowest BCUT2D eigenvalue weighted by molar-refractivity contribution is -0.207. The van der Waals surface area contributed by atoms with Crippen LogP contribution in [0.5, 0.6) is 0 Å². The van der Waals surface area contributed by atoms with E-state index in [4.69, 9.17) is 9.79 Å². The van der Waals surface area contributed by atoms with Crippen LogP contribution >= 0.6 is 7.82 Å². The summed E-state index contributed by atoms with van der Waals surface area (Å²) in [5.41, 5.74) is -3.36. The summed E-state index contributed by atoms with van der Waals surface area (Å²) in [4.78, 5) is 29.4. The van der Waals surface area contributed by atoms with Crippen LogP contribution in [0.4, 0.5) is 42.1 Å². The van der Waals surface area contributed by atoms with Crippen molar-refractivity contribution in [1.82, 2.24) is 30.2 Å². The second kappa shape index (κ2) is 14.4. The van der Waals surface area contributed by atoms with Crippen molar-refractivity contribution in [3.63, 3.8) is 0 Å². The number of benzene rings is 2. The van der Waals surface area contributed by atoms with Crippen molar-refractivity contribution in [3.8, 4) is 11.1 Å². The minimum atomic E-state index is -5.45. The molecule has 13 nitrogen and oxygen atoms in total. The number of halogens is 7. The molecule has 2 atom stereocenters. The Labute approximate surface area is 295 Å². The molecule has 0 spiro atoms. The van der Waals surface area contributed by atoms with Crippen LogP contribution in [-0.4, -0.2) is 77.4 Å². The molecule has 2 aromatic carbocycles. The summed E-state index contributed by atoms with van der Waals surface area (Å²) in [6, 6.07) is 13.7. The van der Waals surface area contributed by atoms with E-state index in [2.05, 4.69) is 34.9 Å². The number of aliphatic hydroxyl groups is 1. The number of alkyl halides is 5. The van der Waals surface area contributed by atoms with Gasteiger partial charge in [0.05, 0.1) is 24.1 Å². The second-order valence-electron chi connectivity index (χ2n) is 12.0. The minimum absolute atomic E-state index is 0.378. The Morgan fingerprint density at radius 2 is 1.45 bits per heavy atom. The fourth-order valence-electron chi connectivity index (χ4n) is 5.87. The molecule has 1 aliphatic heterocycles. The number of phosphoric acid groups is 1. The van der Waals surface area contributed by atoms with Crippen LogP contribution < -0.4 is 9.80 Å². The van der Waals surface area contributed by atoms with Crippen molar-refractivity contribution in [2.24, 2.45) is 0 Å². The number of piperazine rings is 1. The Balaban J connectivity index is 1.12. The second-order valence-corrected chi connectivity index (χ2v) is 13.2. The molecule has 1 unspecified atom stereocenters. The van der Waals surface area contributed by atoms with Gasteiger partial charge in [0.15, 0.2) is 5.60 Å². The molecule has 0 amide bonds. The lowest BCUT2D eigenvalue weighted by Gasteiger charge is -2.37. The summed E-state index contributed by atoms with van der Waals surface area (Å²) in [7, 11) is -5.45. The highest BCUT2D eigenvalue weighted by Crippen LogP contribution is 2.49. The predicted octanol–water partition coefficient (Wildman–Crippen LogP) is 5.13. The van der Waals surface area contributed by atoms with Gasteiger partial charge in [0.25, 0.3) is 0 Å². The number of aromatic nitrogens is 6. The monoisotopic (exact) mass is 768 g/mol. The maximum atomic E-state index is 16.1. The molecule has 1 fully saturated rings. The van der Waals surface area contributed by atoms with Crippen molar-refractivity contribution in [2.75, 3.05) is 36.0 Å². The molecule has 3 N–H and O–H groups in total. The van der Waals surface area contributed by atoms with Gasteiger partial charge in [0.2, 0.25) is 6.10 Å². The van der Waals surface area contributed by atoms with Gasteiger partial charge in [-0.1, -0.05) is 18.2 Å². The van der Waals surface area contributed by atoms with Crippen LogP contribution in [0.2, 0.25) is 0 Å².